The topological polar surface area (TPSA) is 133 Å². The Morgan fingerprint density at radius 2 is 1.12 bits per heavy atom. The minimum absolute atomic E-state index is 0.128. The zero-order valence-corrected chi connectivity index (χ0v) is 27.2. The summed E-state index contributed by atoms with van der Waals surface area (Å²) in [6.07, 6.45) is 4.20. The monoisotopic (exact) mass is 671 g/mol. The Kier molecular flexibility index (Phi) is 8.39. The summed E-state index contributed by atoms with van der Waals surface area (Å²) in [6.45, 7) is 3.53. The Bertz CT molecular complexity index is 2440. The van der Waals surface area contributed by atoms with E-state index in [1.807, 2.05) is 14.0 Å². The van der Waals surface area contributed by atoms with Crippen molar-refractivity contribution in [2.75, 3.05) is 11.6 Å². The second-order valence-electron chi connectivity index (χ2n) is 11.1. The maximum atomic E-state index is 13.4. The molecule has 0 unspecified atom stereocenters. The highest BCUT2D eigenvalue weighted by Crippen LogP contribution is 2.29. The van der Waals surface area contributed by atoms with E-state index in [1.165, 1.54) is 48.8 Å². The molecule has 3 aromatic carbocycles. The van der Waals surface area contributed by atoms with Gasteiger partial charge in [-0.3, -0.25) is 0 Å². The van der Waals surface area contributed by atoms with Crippen molar-refractivity contribution in [2.24, 2.45) is 14.1 Å². The molecule has 15 heteroatoms. The van der Waals surface area contributed by atoms with Gasteiger partial charge in [-0.25, -0.2) is 51.5 Å². The largest absolute Gasteiger partial charge is 0.338 e. The number of aryl methyl sites for hydroxylation is 4. The lowest BCUT2D eigenvalue weighted by Gasteiger charge is -2.10. The number of nitrogens with zero attached hydrogens (tertiary/aromatic N) is 8. The number of nitrogens with one attached hydrogen (secondary N) is 1. The van der Waals surface area contributed by atoms with Gasteiger partial charge in [0, 0.05) is 37.2 Å². The number of sulfone groups is 1. The predicted molar refractivity (Wildman–Crippen MR) is 176 cm³/mol. The molecule has 0 aliphatic carbocycles. The number of fused-ring (bicyclic) bond motifs is 2. The quantitative estimate of drug-likeness (QED) is 0.211. The van der Waals surface area contributed by atoms with E-state index in [2.05, 4.69) is 35.2 Å². The van der Waals surface area contributed by atoms with Crippen LogP contribution < -0.4 is 5.32 Å². The van der Waals surface area contributed by atoms with Crippen LogP contribution in [0.4, 0.5) is 24.7 Å². The molecule has 11 nitrogen and oxygen atoms in total. The van der Waals surface area contributed by atoms with Crippen molar-refractivity contribution in [3.05, 3.63) is 102 Å². The van der Waals surface area contributed by atoms with Crippen LogP contribution in [0.2, 0.25) is 0 Å². The van der Waals surface area contributed by atoms with E-state index in [0.29, 0.717) is 45.3 Å². The summed E-state index contributed by atoms with van der Waals surface area (Å²) in [5, 5.41) is 3.03. The highest BCUT2D eigenvalue weighted by molar-refractivity contribution is 7.90. The number of hydrogen-bond donors (Lipinski definition) is 1. The molecular formula is C33H28F3N9O2S. The molecular weight excluding hydrogens is 643 g/mol. The van der Waals surface area contributed by atoms with Crippen LogP contribution >= 0.6 is 0 Å². The van der Waals surface area contributed by atoms with Crippen molar-refractivity contribution in [3.8, 4) is 22.8 Å². The lowest BCUT2D eigenvalue weighted by molar-refractivity contribution is 0.599. The van der Waals surface area contributed by atoms with Gasteiger partial charge in [0.05, 0.1) is 12.7 Å². The predicted octanol–water partition coefficient (Wildman–Crippen LogP) is 6.24. The van der Waals surface area contributed by atoms with E-state index in [9.17, 15) is 21.6 Å². The summed E-state index contributed by atoms with van der Waals surface area (Å²) < 4.78 is 67.2. The minimum Gasteiger partial charge on any atom is -0.338 e. The molecule has 244 valence electrons. The third-order valence-corrected chi connectivity index (χ3v) is 8.39. The molecule has 4 aromatic heterocycles. The molecule has 0 fully saturated rings. The zero-order chi connectivity index (χ0) is 34.3. The van der Waals surface area contributed by atoms with Gasteiger partial charge in [-0.1, -0.05) is 0 Å². The molecule has 0 spiro atoms. The molecule has 4 heterocycles. The lowest BCUT2D eigenvalue weighted by Crippen LogP contribution is -2.06. The number of imidazole rings is 2. The Morgan fingerprint density at radius 1 is 0.646 bits per heavy atom. The number of aromatic nitrogens is 8. The first kappa shape index (κ1) is 32.2. The van der Waals surface area contributed by atoms with Gasteiger partial charge in [0.1, 0.15) is 23.0 Å². The summed E-state index contributed by atoms with van der Waals surface area (Å²) in [4.78, 5) is 26.1. The van der Waals surface area contributed by atoms with Crippen LogP contribution in [0.1, 0.15) is 11.1 Å². The number of halogens is 3. The fourth-order valence-electron chi connectivity index (χ4n) is 5.00. The highest BCUT2D eigenvalue weighted by Gasteiger charge is 2.21. The van der Waals surface area contributed by atoms with Crippen LogP contribution in [0.25, 0.3) is 45.1 Å². The zero-order valence-electron chi connectivity index (χ0n) is 26.4. The highest BCUT2D eigenvalue weighted by atomic mass is 32.2. The van der Waals surface area contributed by atoms with Gasteiger partial charge in [-0.15, -0.1) is 0 Å². The standard InChI is InChI=1S/C19H15F2N5.C14H13FN4O2S/c1-11-9-13(21)5-8-15(11)17-24-18(16-19(25-17)26(2)10-22-16)23-14-6-3-12(20)4-7-14;1-8-6-9(15)4-5-10(8)12-17-13-11(16-7-19(13)2)14(18-12)22(3,20)21/h3-10H,1-2H3,(H,23,24,25);4-7H,1-3H3. The van der Waals surface area contributed by atoms with E-state index in [1.54, 1.807) is 47.6 Å². The van der Waals surface area contributed by atoms with Gasteiger partial charge in [0.15, 0.2) is 49.1 Å². The van der Waals surface area contributed by atoms with Crippen LogP contribution in [-0.2, 0) is 23.9 Å². The van der Waals surface area contributed by atoms with Gasteiger partial charge in [0.25, 0.3) is 0 Å². The van der Waals surface area contributed by atoms with Gasteiger partial charge in [-0.05, 0) is 85.6 Å². The van der Waals surface area contributed by atoms with Gasteiger partial charge in [0.2, 0.25) is 0 Å². The molecule has 0 aliphatic rings. The van der Waals surface area contributed by atoms with Crippen molar-refractivity contribution in [1.82, 2.24) is 39.0 Å². The molecule has 1 N–H and O–H groups in total. The molecule has 0 amide bonds. The molecule has 48 heavy (non-hydrogen) atoms. The van der Waals surface area contributed by atoms with Crippen LogP contribution in [0.5, 0.6) is 0 Å². The van der Waals surface area contributed by atoms with Crippen LogP contribution in [-0.4, -0.2) is 53.7 Å². The lowest BCUT2D eigenvalue weighted by atomic mass is 10.1. The third kappa shape index (κ3) is 6.44. The van der Waals surface area contributed by atoms with Crippen LogP contribution in [0.3, 0.4) is 0 Å². The summed E-state index contributed by atoms with van der Waals surface area (Å²) in [7, 11) is -0.0121. The molecule has 0 radical (unpaired) electrons. The van der Waals surface area contributed by atoms with Crippen molar-refractivity contribution < 1.29 is 21.6 Å². The first-order chi connectivity index (χ1) is 22.8. The summed E-state index contributed by atoms with van der Waals surface area (Å²) in [6, 6.07) is 14.6. The smallest absolute Gasteiger partial charge is 0.195 e. The maximum absolute atomic E-state index is 13.4. The number of rotatable bonds is 5. The van der Waals surface area contributed by atoms with Crippen molar-refractivity contribution in [3.63, 3.8) is 0 Å². The van der Waals surface area contributed by atoms with Crippen molar-refractivity contribution >= 4 is 43.7 Å². The average molecular weight is 672 g/mol. The first-order valence-electron chi connectivity index (χ1n) is 14.4. The Morgan fingerprint density at radius 3 is 1.65 bits per heavy atom. The Labute approximate surface area is 273 Å². The van der Waals surface area contributed by atoms with E-state index in [4.69, 9.17) is 0 Å². The first-order valence-corrected chi connectivity index (χ1v) is 16.3. The van der Waals surface area contributed by atoms with Gasteiger partial charge >= 0.3 is 0 Å². The molecule has 0 saturated carbocycles. The van der Waals surface area contributed by atoms with Crippen molar-refractivity contribution in [1.29, 1.82) is 0 Å². The number of benzene rings is 3. The normalized spacial score (nSPS) is 11.5. The minimum atomic E-state index is -3.57. The van der Waals surface area contributed by atoms with E-state index in [0.717, 1.165) is 17.4 Å². The Balaban J connectivity index is 0.000000170. The molecule has 7 rings (SSSR count). The Hall–Kier alpha value is -5.70. The van der Waals surface area contributed by atoms with E-state index < -0.39 is 9.84 Å². The van der Waals surface area contributed by atoms with E-state index >= 15 is 0 Å². The second kappa shape index (κ2) is 12.5. The third-order valence-electron chi connectivity index (χ3n) is 7.40. The summed E-state index contributed by atoms with van der Waals surface area (Å²) in [5.41, 5.74) is 5.23. The summed E-state index contributed by atoms with van der Waals surface area (Å²) >= 11 is 0. The number of anilines is 2. The molecule has 0 bridgehead atoms. The molecule has 7 aromatic rings. The fraction of sp³-hybridized carbons (Fsp3) is 0.152. The fourth-order valence-corrected chi connectivity index (χ4v) is 5.75. The molecule has 0 aliphatic heterocycles. The van der Waals surface area contributed by atoms with Crippen molar-refractivity contribution in [2.45, 2.75) is 18.9 Å². The molecule has 0 atom stereocenters. The van der Waals surface area contributed by atoms with Crippen LogP contribution in [0, 0.1) is 31.3 Å². The number of hydrogen-bond acceptors (Lipinski definition) is 9. The summed E-state index contributed by atoms with van der Waals surface area (Å²) in [5.74, 6) is 0.200. The van der Waals surface area contributed by atoms with Gasteiger partial charge < -0.3 is 14.5 Å². The second-order valence-corrected chi connectivity index (χ2v) is 13.1. The van der Waals surface area contributed by atoms with Crippen LogP contribution in [0.15, 0.2) is 78.3 Å². The average Bonchev–Trinajstić information content (AvgIpc) is 3.59. The maximum Gasteiger partial charge on any atom is 0.195 e. The van der Waals surface area contributed by atoms with Gasteiger partial charge in [-0.2, -0.15) is 0 Å². The van der Waals surface area contributed by atoms with E-state index in [-0.39, 0.29) is 33.8 Å². The SMILES string of the molecule is Cc1cc(F)ccc1-c1nc(Nc2ccc(F)cc2)c2ncn(C)c2n1.Cc1cc(F)ccc1-c1nc(S(C)(=O)=O)c2ncn(C)c2n1. The molecule has 0 saturated heterocycles.